The Morgan fingerprint density at radius 1 is 1.20 bits per heavy atom. The predicted molar refractivity (Wildman–Crippen MR) is 74.0 cm³/mol. The molecule has 1 aliphatic rings. The minimum absolute atomic E-state index is 0.0609. The number of benzene rings is 2. The minimum Gasteiger partial charge on any atom is -0.505 e. The van der Waals surface area contributed by atoms with Crippen LogP contribution in [0.3, 0.4) is 0 Å². The number of carbonyl (C=O) groups is 1. The van der Waals surface area contributed by atoms with Gasteiger partial charge in [0.05, 0.1) is 0 Å². The van der Waals surface area contributed by atoms with Gasteiger partial charge in [0.25, 0.3) is 0 Å². The van der Waals surface area contributed by atoms with Crippen molar-refractivity contribution in [3.63, 3.8) is 0 Å². The van der Waals surface area contributed by atoms with Crippen LogP contribution >= 0.6 is 0 Å². The van der Waals surface area contributed by atoms with E-state index in [4.69, 9.17) is 5.11 Å². The summed E-state index contributed by atoms with van der Waals surface area (Å²) in [6.45, 7) is 0. The zero-order chi connectivity index (χ0) is 14.1. The number of halogens is 1. The van der Waals surface area contributed by atoms with E-state index in [0.717, 1.165) is 18.1 Å². The first-order valence-electron chi connectivity index (χ1n) is 6.49. The van der Waals surface area contributed by atoms with Crippen LogP contribution in [-0.4, -0.2) is 11.0 Å². The third kappa shape index (κ3) is 2.50. The molecule has 0 aromatic heterocycles. The Hall–Kier alpha value is -2.36. The summed E-state index contributed by atoms with van der Waals surface area (Å²) in [5, 5.41) is 11.8. The van der Waals surface area contributed by atoms with E-state index in [1.54, 1.807) is 0 Å². The van der Waals surface area contributed by atoms with Crippen molar-refractivity contribution in [2.24, 2.45) is 5.92 Å². The molecule has 0 saturated heterocycles. The normalized spacial score (nSPS) is 20.4. The largest absolute Gasteiger partial charge is 0.505 e. The maximum absolute atomic E-state index is 13.2. The molecule has 2 unspecified atom stereocenters. The van der Waals surface area contributed by atoms with E-state index in [1.165, 1.54) is 12.1 Å². The number of phenols is 1. The molecule has 4 heteroatoms. The van der Waals surface area contributed by atoms with Crippen LogP contribution in [0, 0.1) is 11.7 Å². The van der Waals surface area contributed by atoms with E-state index in [-0.39, 0.29) is 17.7 Å². The van der Waals surface area contributed by atoms with Gasteiger partial charge in [-0.15, -0.1) is 0 Å². The zero-order valence-corrected chi connectivity index (χ0v) is 10.7. The lowest BCUT2D eigenvalue weighted by Gasteiger charge is -2.06. The van der Waals surface area contributed by atoms with Crippen molar-refractivity contribution in [2.75, 3.05) is 5.32 Å². The Morgan fingerprint density at radius 2 is 1.95 bits per heavy atom. The van der Waals surface area contributed by atoms with Crippen LogP contribution in [0.1, 0.15) is 17.9 Å². The van der Waals surface area contributed by atoms with Crippen molar-refractivity contribution < 1.29 is 14.3 Å². The van der Waals surface area contributed by atoms with Crippen molar-refractivity contribution in [3.05, 3.63) is 59.9 Å². The number of amides is 1. The van der Waals surface area contributed by atoms with Gasteiger partial charge in [0.15, 0.2) is 11.6 Å². The summed E-state index contributed by atoms with van der Waals surface area (Å²) in [5.74, 6) is -1.08. The van der Waals surface area contributed by atoms with Gasteiger partial charge in [-0.3, -0.25) is 4.79 Å². The van der Waals surface area contributed by atoms with Gasteiger partial charge in [-0.1, -0.05) is 30.3 Å². The number of nitrogens with one attached hydrogen (secondary N) is 1. The molecular formula is C16H14FNO2. The molecule has 0 heterocycles. The summed E-state index contributed by atoms with van der Waals surface area (Å²) in [4.78, 5) is 12.1. The topological polar surface area (TPSA) is 49.3 Å². The van der Waals surface area contributed by atoms with Crippen LogP contribution in [0.2, 0.25) is 0 Å². The molecule has 2 N–H and O–H groups in total. The summed E-state index contributed by atoms with van der Waals surface area (Å²) >= 11 is 0. The van der Waals surface area contributed by atoms with Gasteiger partial charge in [0.1, 0.15) is 0 Å². The Labute approximate surface area is 116 Å². The molecule has 0 aliphatic heterocycles. The van der Waals surface area contributed by atoms with Gasteiger partial charge in [0.2, 0.25) is 5.91 Å². The second-order valence-corrected chi connectivity index (χ2v) is 5.01. The van der Waals surface area contributed by atoms with Crippen LogP contribution in [0.25, 0.3) is 0 Å². The minimum atomic E-state index is -0.738. The Morgan fingerprint density at radius 3 is 2.65 bits per heavy atom. The lowest BCUT2D eigenvalue weighted by molar-refractivity contribution is -0.117. The molecule has 20 heavy (non-hydrogen) atoms. The molecule has 0 bridgehead atoms. The third-order valence-corrected chi connectivity index (χ3v) is 3.57. The highest BCUT2D eigenvalue weighted by molar-refractivity contribution is 5.95. The van der Waals surface area contributed by atoms with Crippen LogP contribution in [0.15, 0.2) is 48.5 Å². The first kappa shape index (κ1) is 12.7. The van der Waals surface area contributed by atoms with E-state index in [1.807, 2.05) is 30.3 Å². The summed E-state index contributed by atoms with van der Waals surface area (Å²) in [7, 11) is 0. The predicted octanol–water partition coefficient (Wildman–Crippen LogP) is 3.27. The quantitative estimate of drug-likeness (QED) is 0.842. The average molecular weight is 271 g/mol. The van der Waals surface area contributed by atoms with Crippen molar-refractivity contribution in [3.8, 4) is 5.75 Å². The van der Waals surface area contributed by atoms with E-state index in [0.29, 0.717) is 5.69 Å². The summed E-state index contributed by atoms with van der Waals surface area (Å²) in [5.41, 5.74) is 1.52. The van der Waals surface area contributed by atoms with Crippen LogP contribution < -0.4 is 5.32 Å². The van der Waals surface area contributed by atoms with Crippen molar-refractivity contribution in [2.45, 2.75) is 12.3 Å². The first-order chi connectivity index (χ1) is 9.65. The number of rotatable bonds is 3. The van der Waals surface area contributed by atoms with E-state index >= 15 is 0 Å². The zero-order valence-electron chi connectivity index (χ0n) is 10.7. The maximum Gasteiger partial charge on any atom is 0.228 e. The van der Waals surface area contributed by atoms with Gasteiger partial charge in [0, 0.05) is 17.7 Å². The molecular weight excluding hydrogens is 257 g/mol. The van der Waals surface area contributed by atoms with Crippen LogP contribution in [0.4, 0.5) is 10.1 Å². The molecule has 0 spiro atoms. The fraction of sp³-hybridized carbons (Fsp3) is 0.188. The molecule has 2 atom stereocenters. The Balaban J connectivity index is 1.65. The fourth-order valence-corrected chi connectivity index (χ4v) is 2.37. The molecule has 1 amide bonds. The second-order valence-electron chi connectivity index (χ2n) is 5.01. The van der Waals surface area contributed by atoms with E-state index in [2.05, 4.69) is 5.32 Å². The van der Waals surface area contributed by atoms with Crippen LogP contribution in [-0.2, 0) is 4.79 Å². The number of carbonyl (C=O) groups excluding carboxylic acids is 1. The molecule has 2 aromatic rings. The van der Waals surface area contributed by atoms with Gasteiger partial charge in [-0.2, -0.15) is 0 Å². The van der Waals surface area contributed by atoms with E-state index < -0.39 is 11.6 Å². The SMILES string of the molecule is O=C(Nc1ccc(O)c(F)c1)C1CC1c1ccccc1. The highest BCUT2D eigenvalue weighted by Crippen LogP contribution is 2.47. The molecule has 2 aromatic carbocycles. The number of aromatic hydroxyl groups is 1. The first-order valence-corrected chi connectivity index (χ1v) is 6.49. The van der Waals surface area contributed by atoms with Gasteiger partial charge in [-0.05, 0) is 30.0 Å². The molecule has 1 saturated carbocycles. The van der Waals surface area contributed by atoms with Crippen molar-refractivity contribution >= 4 is 11.6 Å². The number of hydrogen-bond donors (Lipinski definition) is 2. The highest BCUT2D eigenvalue weighted by atomic mass is 19.1. The van der Waals surface area contributed by atoms with Gasteiger partial charge in [-0.25, -0.2) is 4.39 Å². The smallest absolute Gasteiger partial charge is 0.228 e. The number of phenolic OH excluding ortho intramolecular Hbond substituents is 1. The summed E-state index contributed by atoms with van der Waals surface area (Å²) < 4.78 is 13.2. The van der Waals surface area contributed by atoms with Gasteiger partial charge >= 0.3 is 0 Å². The molecule has 3 rings (SSSR count). The fourth-order valence-electron chi connectivity index (χ4n) is 2.37. The van der Waals surface area contributed by atoms with Crippen LogP contribution in [0.5, 0.6) is 5.75 Å². The monoisotopic (exact) mass is 271 g/mol. The maximum atomic E-state index is 13.2. The lowest BCUT2D eigenvalue weighted by Crippen LogP contribution is -2.14. The highest BCUT2D eigenvalue weighted by Gasteiger charge is 2.43. The summed E-state index contributed by atoms with van der Waals surface area (Å²) in [6.07, 6.45) is 0.816. The van der Waals surface area contributed by atoms with E-state index in [9.17, 15) is 9.18 Å². The lowest BCUT2D eigenvalue weighted by atomic mass is 10.1. The van der Waals surface area contributed by atoms with Crippen molar-refractivity contribution in [1.82, 2.24) is 0 Å². The average Bonchev–Trinajstić information content (AvgIpc) is 3.24. The Kier molecular flexibility index (Phi) is 3.14. The summed E-state index contributed by atoms with van der Waals surface area (Å²) in [6, 6.07) is 13.7. The number of anilines is 1. The number of hydrogen-bond acceptors (Lipinski definition) is 2. The molecule has 102 valence electrons. The molecule has 1 fully saturated rings. The molecule has 3 nitrogen and oxygen atoms in total. The van der Waals surface area contributed by atoms with Gasteiger partial charge < -0.3 is 10.4 Å². The Bertz CT molecular complexity index is 642. The van der Waals surface area contributed by atoms with Crippen molar-refractivity contribution in [1.29, 1.82) is 0 Å². The third-order valence-electron chi connectivity index (χ3n) is 3.57. The second kappa shape index (κ2) is 4.96. The standard InChI is InChI=1S/C16H14FNO2/c17-14-8-11(6-7-15(14)19)18-16(20)13-9-12(13)10-4-2-1-3-5-10/h1-8,12-13,19H,9H2,(H,18,20). The molecule has 1 aliphatic carbocycles. The molecule has 0 radical (unpaired) electrons.